The lowest BCUT2D eigenvalue weighted by Crippen LogP contribution is -2.38. The molecule has 4 heteroatoms. The Hall–Kier alpha value is -1.13. The third-order valence-electron chi connectivity index (χ3n) is 3.59. The number of rotatable bonds is 2. The Morgan fingerprint density at radius 2 is 2.17 bits per heavy atom. The lowest BCUT2D eigenvalue weighted by Gasteiger charge is -2.29. The van der Waals surface area contributed by atoms with Crippen LogP contribution in [0.1, 0.15) is 31.9 Å². The fraction of sp³-hybridized carbons (Fsp3) is 0.643. The molecule has 1 saturated heterocycles. The summed E-state index contributed by atoms with van der Waals surface area (Å²) in [6, 6.07) is 4.46. The molecule has 2 rings (SSSR count). The highest BCUT2D eigenvalue weighted by molar-refractivity contribution is 5.41. The molecule has 0 amide bonds. The minimum absolute atomic E-state index is 0.445. The molecular formula is C14H23N3O. The molecule has 4 nitrogen and oxygen atoms in total. The smallest absolute Gasteiger partial charge is 0.128 e. The van der Waals surface area contributed by atoms with E-state index in [-0.39, 0.29) is 0 Å². The summed E-state index contributed by atoms with van der Waals surface area (Å²) in [5, 5.41) is 9.50. The van der Waals surface area contributed by atoms with Gasteiger partial charge < -0.3 is 14.9 Å². The number of aromatic nitrogens is 1. The number of anilines is 1. The molecule has 18 heavy (non-hydrogen) atoms. The van der Waals surface area contributed by atoms with E-state index in [2.05, 4.69) is 28.8 Å². The predicted molar refractivity (Wildman–Crippen MR) is 73.8 cm³/mol. The van der Waals surface area contributed by atoms with Gasteiger partial charge in [0.1, 0.15) is 5.82 Å². The van der Waals surface area contributed by atoms with Gasteiger partial charge in [-0.1, -0.05) is 6.07 Å². The van der Waals surface area contributed by atoms with Gasteiger partial charge >= 0.3 is 0 Å². The van der Waals surface area contributed by atoms with E-state index in [4.69, 9.17) is 0 Å². The highest BCUT2D eigenvalue weighted by atomic mass is 16.3. The second-order valence-electron chi connectivity index (χ2n) is 5.28. The third-order valence-corrected chi connectivity index (χ3v) is 3.59. The predicted octanol–water partition coefficient (Wildman–Crippen LogP) is 1.67. The molecule has 0 radical (unpaired) electrons. The zero-order chi connectivity index (χ0) is 13.1. The first kappa shape index (κ1) is 13.3. The van der Waals surface area contributed by atoms with Crippen LogP contribution in [0, 0.1) is 0 Å². The van der Waals surface area contributed by atoms with Crippen molar-refractivity contribution in [2.45, 2.75) is 32.4 Å². The summed E-state index contributed by atoms with van der Waals surface area (Å²) in [4.78, 5) is 9.21. The summed E-state index contributed by atoms with van der Waals surface area (Å²) in [5.74, 6) is 1.02. The maximum atomic E-state index is 9.50. The van der Waals surface area contributed by atoms with E-state index in [9.17, 15) is 5.11 Å². The van der Waals surface area contributed by atoms with Crippen molar-refractivity contribution < 1.29 is 5.11 Å². The van der Waals surface area contributed by atoms with E-state index < -0.39 is 6.10 Å². The Morgan fingerprint density at radius 3 is 2.78 bits per heavy atom. The molecule has 1 aromatic heterocycles. The Labute approximate surface area is 109 Å². The van der Waals surface area contributed by atoms with Crippen LogP contribution in [-0.4, -0.2) is 47.7 Å². The van der Waals surface area contributed by atoms with E-state index in [0.717, 1.165) is 31.0 Å². The average Bonchev–Trinajstić information content (AvgIpc) is 2.50. The van der Waals surface area contributed by atoms with E-state index in [1.807, 2.05) is 12.1 Å². The van der Waals surface area contributed by atoms with Gasteiger partial charge in [0.25, 0.3) is 0 Å². The van der Waals surface area contributed by atoms with Gasteiger partial charge in [0.05, 0.1) is 6.10 Å². The van der Waals surface area contributed by atoms with Crippen molar-refractivity contribution in [1.29, 1.82) is 0 Å². The fourth-order valence-electron chi connectivity index (χ4n) is 2.53. The van der Waals surface area contributed by atoms with Crippen LogP contribution in [0.25, 0.3) is 0 Å². The summed E-state index contributed by atoms with van der Waals surface area (Å²) in [5.41, 5.74) is 0.873. The minimum Gasteiger partial charge on any atom is -0.389 e. The molecule has 0 aromatic carbocycles. The van der Waals surface area contributed by atoms with Crippen LogP contribution in [0.2, 0.25) is 0 Å². The van der Waals surface area contributed by atoms with Gasteiger partial charge in [-0.05, 0) is 45.5 Å². The molecule has 100 valence electrons. The quantitative estimate of drug-likeness (QED) is 0.865. The topological polar surface area (TPSA) is 39.6 Å². The molecule has 0 saturated carbocycles. The molecule has 2 heterocycles. The van der Waals surface area contributed by atoms with Crippen LogP contribution in [0.15, 0.2) is 18.3 Å². The van der Waals surface area contributed by atoms with Gasteiger partial charge in [-0.2, -0.15) is 0 Å². The molecule has 1 unspecified atom stereocenters. The minimum atomic E-state index is -0.445. The van der Waals surface area contributed by atoms with Gasteiger partial charge in [0.15, 0.2) is 0 Å². The van der Waals surface area contributed by atoms with Gasteiger partial charge in [0.2, 0.25) is 0 Å². The van der Waals surface area contributed by atoms with Crippen LogP contribution in [0.4, 0.5) is 5.82 Å². The highest BCUT2D eigenvalue weighted by Crippen LogP contribution is 2.20. The zero-order valence-corrected chi connectivity index (χ0v) is 11.5. The largest absolute Gasteiger partial charge is 0.389 e. The lowest BCUT2D eigenvalue weighted by molar-refractivity contribution is 0.199. The van der Waals surface area contributed by atoms with Crippen LogP contribution < -0.4 is 4.90 Å². The zero-order valence-electron chi connectivity index (χ0n) is 11.5. The van der Waals surface area contributed by atoms with Crippen molar-refractivity contribution in [2.75, 3.05) is 31.6 Å². The second kappa shape index (κ2) is 5.67. The van der Waals surface area contributed by atoms with E-state index >= 15 is 0 Å². The van der Waals surface area contributed by atoms with Gasteiger partial charge in [-0.25, -0.2) is 4.98 Å². The number of aliphatic hydroxyl groups excluding tert-OH is 1. The van der Waals surface area contributed by atoms with Crippen LogP contribution in [0.5, 0.6) is 0 Å². The summed E-state index contributed by atoms with van der Waals surface area (Å²) < 4.78 is 0. The second-order valence-corrected chi connectivity index (χ2v) is 5.28. The molecule has 1 aliphatic heterocycles. The first-order chi connectivity index (χ1) is 8.58. The summed E-state index contributed by atoms with van der Waals surface area (Å²) in [7, 11) is 2.17. The molecule has 0 spiro atoms. The normalized spacial score (nSPS) is 23.8. The van der Waals surface area contributed by atoms with Crippen LogP contribution >= 0.6 is 0 Å². The van der Waals surface area contributed by atoms with Gasteiger partial charge in [-0.15, -0.1) is 0 Å². The molecule has 1 aliphatic rings. The lowest BCUT2D eigenvalue weighted by atomic mass is 10.2. The number of likely N-dealkylation sites (N-methyl/N-ethyl adjacent to an activating group) is 1. The highest BCUT2D eigenvalue weighted by Gasteiger charge is 2.20. The number of nitrogens with zero attached hydrogens (tertiary/aromatic N) is 3. The summed E-state index contributed by atoms with van der Waals surface area (Å²) in [6.07, 6.45) is 2.50. The molecule has 2 atom stereocenters. The van der Waals surface area contributed by atoms with E-state index in [1.54, 1.807) is 13.1 Å². The Morgan fingerprint density at radius 1 is 1.39 bits per heavy atom. The number of aliphatic hydroxyl groups is 1. The molecule has 1 aromatic rings. The van der Waals surface area contributed by atoms with Crippen molar-refractivity contribution in [2.24, 2.45) is 0 Å². The monoisotopic (exact) mass is 249 g/mol. The van der Waals surface area contributed by atoms with Crippen molar-refractivity contribution in [3.8, 4) is 0 Å². The van der Waals surface area contributed by atoms with Crippen molar-refractivity contribution in [3.63, 3.8) is 0 Å². The van der Waals surface area contributed by atoms with Gasteiger partial charge in [0, 0.05) is 25.3 Å². The number of pyridine rings is 1. The standard InChI is InChI=1S/C14H23N3O/c1-11-10-16(3)7-4-8-17(11)14-6-5-13(9-15-14)12(2)18/h5-6,9,11-12,18H,4,7-8,10H2,1-3H3/t11?,12-/m1/s1. The van der Waals surface area contributed by atoms with E-state index in [1.165, 1.54) is 6.42 Å². The molecule has 0 aliphatic carbocycles. The summed E-state index contributed by atoms with van der Waals surface area (Å²) >= 11 is 0. The Bertz CT molecular complexity index is 377. The maximum absolute atomic E-state index is 9.50. The number of hydrogen-bond acceptors (Lipinski definition) is 4. The SMILES string of the molecule is CC1CN(C)CCCN1c1ccc([C@@H](C)O)cn1. The van der Waals surface area contributed by atoms with Crippen molar-refractivity contribution >= 4 is 5.82 Å². The first-order valence-corrected chi connectivity index (χ1v) is 6.67. The average molecular weight is 249 g/mol. The van der Waals surface area contributed by atoms with Crippen molar-refractivity contribution in [3.05, 3.63) is 23.9 Å². The molecule has 1 fully saturated rings. The maximum Gasteiger partial charge on any atom is 0.128 e. The first-order valence-electron chi connectivity index (χ1n) is 6.67. The van der Waals surface area contributed by atoms with E-state index in [0.29, 0.717) is 6.04 Å². The van der Waals surface area contributed by atoms with Gasteiger partial charge in [-0.3, -0.25) is 0 Å². The van der Waals surface area contributed by atoms with Crippen molar-refractivity contribution in [1.82, 2.24) is 9.88 Å². The number of hydrogen-bond donors (Lipinski definition) is 1. The Balaban J connectivity index is 2.14. The Kier molecular flexibility index (Phi) is 4.19. The summed E-state index contributed by atoms with van der Waals surface area (Å²) in [6.45, 7) is 7.27. The fourth-order valence-corrected chi connectivity index (χ4v) is 2.53. The molecule has 0 bridgehead atoms. The molecular weight excluding hydrogens is 226 g/mol. The van der Waals surface area contributed by atoms with Crippen LogP contribution in [0.3, 0.4) is 0 Å². The molecule has 1 N–H and O–H groups in total. The third kappa shape index (κ3) is 3.00. The van der Waals surface area contributed by atoms with Crippen LogP contribution in [-0.2, 0) is 0 Å².